The van der Waals surface area contributed by atoms with Crippen molar-refractivity contribution in [3.8, 4) is 0 Å². The molecule has 0 aliphatic rings. The van der Waals surface area contributed by atoms with E-state index in [1.54, 1.807) is 6.92 Å². The molecule has 0 radical (unpaired) electrons. The summed E-state index contributed by atoms with van der Waals surface area (Å²) in [5.41, 5.74) is 0.568. The lowest BCUT2D eigenvalue weighted by molar-refractivity contribution is -0.0979. The average molecular weight is 170 g/mol. The maximum Gasteiger partial charge on any atom is 0.181 e. The maximum atomic E-state index is 12.4. The first-order valence-corrected chi connectivity index (χ1v) is 3.79. The van der Waals surface area contributed by atoms with Crippen LogP contribution in [0.4, 0.5) is 4.39 Å². The summed E-state index contributed by atoms with van der Waals surface area (Å²) in [6.07, 6.45) is -0.949. The first-order chi connectivity index (χ1) is 5.74. The minimum absolute atomic E-state index is 0.317. The van der Waals surface area contributed by atoms with Gasteiger partial charge in [0.25, 0.3) is 0 Å². The van der Waals surface area contributed by atoms with Gasteiger partial charge in [-0.2, -0.15) is 0 Å². The molecule has 3 heteroatoms. The van der Waals surface area contributed by atoms with Crippen LogP contribution in [0.3, 0.4) is 0 Å². The van der Waals surface area contributed by atoms with Crippen LogP contribution in [-0.4, -0.2) is 11.7 Å². The van der Waals surface area contributed by atoms with Crippen LogP contribution in [0.25, 0.3) is 0 Å². The Balaban J connectivity index is 2.68. The summed E-state index contributed by atoms with van der Waals surface area (Å²) in [6, 6.07) is 5.57. The van der Waals surface area contributed by atoms with E-state index in [9.17, 15) is 9.50 Å². The molecule has 1 unspecified atom stereocenters. The van der Waals surface area contributed by atoms with Crippen LogP contribution in [-0.2, 0) is 4.74 Å². The van der Waals surface area contributed by atoms with E-state index in [-0.39, 0.29) is 5.82 Å². The Kier molecular flexibility index (Phi) is 3.19. The molecule has 0 aliphatic heterocycles. The van der Waals surface area contributed by atoms with Crippen molar-refractivity contribution < 1.29 is 14.2 Å². The standard InChI is InChI=1S/C9H11FO2/c1-2-12-9(11)7-3-5-8(10)6-4-7/h3-6,9,11H,2H2,1H3. The molecule has 0 aliphatic carbocycles. The number of halogens is 1. The molecule has 0 saturated carbocycles. The Morgan fingerprint density at radius 3 is 2.50 bits per heavy atom. The van der Waals surface area contributed by atoms with E-state index in [0.717, 1.165) is 0 Å². The number of aliphatic hydroxyl groups excluding tert-OH is 1. The van der Waals surface area contributed by atoms with E-state index < -0.39 is 6.29 Å². The summed E-state index contributed by atoms with van der Waals surface area (Å²) in [5, 5.41) is 9.27. The zero-order valence-electron chi connectivity index (χ0n) is 6.83. The first kappa shape index (κ1) is 9.16. The van der Waals surface area contributed by atoms with Gasteiger partial charge in [-0.05, 0) is 19.1 Å². The number of ether oxygens (including phenoxy) is 1. The normalized spacial score (nSPS) is 12.9. The average Bonchev–Trinajstić information content (AvgIpc) is 2.06. The molecule has 0 heterocycles. The van der Waals surface area contributed by atoms with E-state index in [1.165, 1.54) is 24.3 Å². The quantitative estimate of drug-likeness (QED) is 0.701. The maximum absolute atomic E-state index is 12.4. The van der Waals surface area contributed by atoms with Crippen LogP contribution >= 0.6 is 0 Å². The second-order valence-corrected chi connectivity index (χ2v) is 2.36. The molecule has 2 nitrogen and oxygen atoms in total. The Morgan fingerprint density at radius 1 is 1.42 bits per heavy atom. The van der Waals surface area contributed by atoms with Gasteiger partial charge in [0.15, 0.2) is 6.29 Å². The molecular weight excluding hydrogens is 159 g/mol. The van der Waals surface area contributed by atoms with Crippen molar-refractivity contribution >= 4 is 0 Å². The molecule has 1 rings (SSSR count). The van der Waals surface area contributed by atoms with Crippen LogP contribution < -0.4 is 0 Å². The highest BCUT2D eigenvalue weighted by Gasteiger charge is 2.05. The molecule has 66 valence electrons. The van der Waals surface area contributed by atoms with Crippen LogP contribution in [0.15, 0.2) is 24.3 Å². The van der Waals surface area contributed by atoms with Crippen molar-refractivity contribution in [2.24, 2.45) is 0 Å². The zero-order chi connectivity index (χ0) is 8.97. The third-order valence-electron chi connectivity index (χ3n) is 1.48. The lowest BCUT2D eigenvalue weighted by atomic mass is 10.2. The molecule has 1 aromatic rings. The highest BCUT2D eigenvalue weighted by molar-refractivity contribution is 5.16. The van der Waals surface area contributed by atoms with Gasteiger partial charge < -0.3 is 9.84 Å². The van der Waals surface area contributed by atoms with Gasteiger partial charge in [0.1, 0.15) is 5.82 Å². The summed E-state index contributed by atoms with van der Waals surface area (Å²) in [7, 11) is 0. The van der Waals surface area contributed by atoms with E-state index in [2.05, 4.69) is 0 Å². The van der Waals surface area contributed by atoms with Crippen molar-refractivity contribution in [2.75, 3.05) is 6.61 Å². The van der Waals surface area contributed by atoms with Crippen LogP contribution in [0.5, 0.6) is 0 Å². The van der Waals surface area contributed by atoms with Gasteiger partial charge in [0, 0.05) is 12.2 Å². The Hall–Kier alpha value is -0.930. The fourth-order valence-corrected chi connectivity index (χ4v) is 0.882. The molecule has 0 saturated heterocycles. The SMILES string of the molecule is CCOC(O)c1ccc(F)cc1. The third kappa shape index (κ3) is 2.29. The van der Waals surface area contributed by atoms with Crippen molar-refractivity contribution in [3.63, 3.8) is 0 Å². The zero-order valence-corrected chi connectivity index (χ0v) is 6.83. The largest absolute Gasteiger partial charge is 0.364 e. The second kappa shape index (κ2) is 4.18. The van der Waals surface area contributed by atoms with E-state index >= 15 is 0 Å². The van der Waals surface area contributed by atoms with Gasteiger partial charge in [0.2, 0.25) is 0 Å². The van der Waals surface area contributed by atoms with Gasteiger partial charge in [-0.15, -0.1) is 0 Å². The predicted octanol–water partition coefficient (Wildman–Crippen LogP) is 1.85. The molecule has 0 fully saturated rings. The highest BCUT2D eigenvalue weighted by atomic mass is 19.1. The van der Waals surface area contributed by atoms with E-state index in [1.807, 2.05) is 0 Å². The predicted molar refractivity (Wildman–Crippen MR) is 43.0 cm³/mol. The van der Waals surface area contributed by atoms with Gasteiger partial charge in [-0.25, -0.2) is 4.39 Å². The summed E-state index contributed by atoms with van der Waals surface area (Å²) >= 11 is 0. The molecule has 0 bridgehead atoms. The number of hydrogen-bond acceptors (Lipinski definition) is 2. The first-order valence-electron chi connectivity index (χ1n) is 3.79. The molecule has 0 amide bonds. The fraction of sp³-hybridized carbons (Fsp3) is 0.333. The van der Waals surface area contributed by atoms with Crippen molar-refractivity contribution in [1.82, 2.24) is 0 Å². The molecule has 1 aromatic carbocycles. The summed E-state index contributed by atoms with van der Waals surface area (Å²) < 4.78 is 17.3. The molecule has 0 aromatic heterocycles. The van der Waals surface area contributed by atoms with E-state index in [0.29, 0.717) is 12.2 Å². The van der Waals surface area contributed by atoms with Gasteiger partial charge in [0.05, 0.1) is 0 Å². The van der Waals surface area contributed by atoms with Gasteiger partial charge in [-0.3, -0.25) is 0 Å². The molecular formula is C9H11FO2. The molecule has 0 spiro atoms. The lowest BCUT2D eigenvalue weighted by Gasteiger charge is -2.09. The molecule has 1 atom stereocenters. The van der Waals surface area contributed by atoms with Crippen LogP contribution in [0.2, 0.25) is 0 Å². The smallest absolute Gasteiger partial charge is 0.181 e. The topological polar surface area (TPSA) is 29.5 Å². The molecule has 1 N–H and O–H groups in total. The summed E-state index contributed by atoms with van der Waals surface area (Å²) in [4.78, 5) is 0. The monoisotopic (exact) mass is 170 g/mol. The number of aliphatic hydroxyl groups is 1. The van der Waals surface area contributed by atoms with Crippen LogP contribution in [0.1, 0.15) is 18.8 Å². The van der Waals surface area contributed by atoms with Crippen LogP contribution in [0, 0.1) is 5.82 Å². The summed E-state index contributed by atoms with van der Waals surface area (Å²) in [6.45, 7) is 2.21. The Morgan fingerprint density at radius 2 is 2.00 bits per heavy atom. The van der Waals surface area contributed by atoms with Crippen molar-refractivity contribution in [2.45, 2.75) is 13.2 Å². The Bertz CT molecular complexity index is 233. The second-order valence-electron chi connectivity index (χ2n) is 2.36. The summed E-state index contributed by atoms with van der Waals surface area (Å²) in [5.74, 6) is -0.317. The number of hydrogen-bond donors (Lipinski definition) is 1. The van der Waals surface area contributed by atoms with E-state index in [4.69, 9.17) is 4.74 Å². The minimum atomic E-state index is -0.949. The minimum Gasteiger partial charge on any atom is -0.364 e. The number of rotatable bonds is 3. The fourth-order valence-electron chi connectivity index (χ4n) is 0.882. The van der Waals surface area contributed by atoms with Crippen molar-refractivity contribution in [1.29, 1.82) is 0 Å². The van der Waals surface area contributed by atoms with Gasteiger partial charge >= 0.3 is 0 Å². The van der Waals surface area contributed by atoms with Crippen molar-refractivity contribution in [3.05, 3.63) is 35.6 Å². The Labute approximate surface area is 70.6 Å². The third-order valence-corrected chi connectivity index (χ3v) is 1.48. The molecule has 12 heavy (non-hydrogen) atoms. The lowest BCUT2D eigenvalue weighted by Crippen LogP contribution is -2.02. The van der Waals surface area contributed by atoms with Gasteiger partial charge in [-0.1, -0.05) is 12.1 Å². The highest BCUT2D eigenvalue weighted by Crippen LogP contribution is 2.13. The number of benzene rings is 1.